The van der Waals surface area contributed by atoms with Crippen LogP contribution in [0.1, 0.15) is 30.0 Å². The number of carbonyl (C=O) groups excluding carboxylic acids is 1. The van der Waals surface area contributed by atoms with Gasteiger partial charge in [-0.05, 0) is 62.1 Å². The van der Waals surface area contributed by atoms with Crippen LogP contribution in [0.5, 0.6) is 11.5 Å². The number of hydrogen-bond acceptors (Lipinski definition) is 3. The Morgan fingerprint density at radius 3 is 2.56 bits per heavy atom. The first kappa shape index (κ1) is 18.8. The van der Waals surface area contributed by atoms with E-state index in [2.05, 4.69) is 5.32 Å². The molecule has 0 bridgehead atoms. The predicted octanol–water partition coefficient (Wildman–Crippen LogP) is 3.96. The number of aryl methyl sites for hydroxylation is 3. The van der Waals surface area contributed by atoms with E-state index in [0.29, 0.717) is 19.6 Å². The normalized spacial score (nSPS) is 11.7. The second kappa shape index (κ2) is 9.11. The Kier molecular flexibility index (Phi) is 6.87. The fourth-order valence-electron chi connectivity index (χ4n) is 2.47. The van der Waals surface area contributed by atoms with Crippen LogP contribution in [0.3, 0.4) is 0 Å². The van der Waals surface area contributed by atoms with Gasteiger partial charge in [-0.2, -0.15) is 0 Å². The summed E-state index contributed by atoms with van der Waals surface area (Å²) in [5, 5.41) is 2.88. The van der Waals surface area contributed by atoms with Gasteiger partial charge in [-0.15, -0.1) is 0 Å². The SMILES string of the molecule is CC[C@H](Oc1cc(C)ccc1C)C(=O)NCCOc1cccc(C)c1. The lowest BCUT2D eigenvalue weighted by Gasteiger charge is -2.19. The number of rotatable bonds is 8. The average Bonchev–Trinajstić information content (AvgIpc) is 2.59. The van der Waals surface area contributed by atoms with Crippen molar-refractivity contribution in [2.24, 2.45) is 0 Å². The van der Waals surface area contributed by atoms with Gasteiger partial charge in [0.15, 0.2) is 6.10 Å². The Hall–Kier alpha value is -2.49. The number of nitrogens with one attached hydrogen (secondary N) is 1. The number of amides is 1. The third kappa shape index (κ3) is 5.82. The van der Waals surface area contributed by atoms with Gasteiger partial charge in [0, 0.05) is 0 Å². The zero-order valence-electron chi connectivity index (χ0n) is 15.5. The lowest BCUT2D eigenvalue weighted by molar-refractivity contribution is -0.128. The average molecular weight is 341 g/mol. The van der Waals surface area contributed by atoms with Crippen LogP contribution in [0.25, 0.3) is 0 Å². The molecule has 1 atom stereocenters. The van der Waals surface area contributed by atoms with E-state index in [1.165, 1.54) is 0 Å². The quantitative estimate of drug-likeness (QED) is 0.739. The molecule has 1 N–H and O–H groups in total. The first-order chi connectivity index (χ1) is 12.0. The highest BCUT2D eigenvalue weighted by Gasteiger charge is 2.18. The molecule has 0 heterocycles. The van der Waals surface area contributed by atoms with Crippen LogP contribution in [0.15, 0.2) is 42.5 Å². The molecule has 1 amide bonds. The third-order valence-electron chi connectivity index (χ3n) is 3.94. The zero-order valence-corrected chi connectivity index (χ0v) is 15.5. The van der Waals surface area contributed by atoms with Crippen LogP contribution in [0.2, 0.25) is 0 Å². The monoisotopic (exact) mass is 341 g/mol. The summed E-state index contributed by atoms with van der Waals surface area (Å²) >= 11 is 0. The molecule has 0 fully saturated rings. The van der Waals surface area contributed by atoms with Crippen LogP contribution in [-0.4, -0.2) is 25.2 Å². The van der Waals surface area contributed by atoms with Gasteiger partial charge in [0.25, 0.3) is 5.91 Å². The first-order valence-corrected chi connectivity index (χ1v) is 8.70. The number of carbonyl (C=O) groups is 1. The van der Waals surface area contributed by atoms with Crippen LogP contribution in [-0.2, 0) is 4.79 Å². The van der Waals surface area contributed by atoms with Gasteiger partial charge in [0.2, 0.25) is 0 Å². The van der Waals surface area contributed by atoms with Crippen molar-refractivity contribution in [1.29, 1.82) is 0 Å². The molecular weight excluding hydrogens is 314 g/mol. The second-order valence-electron chi connectivity index (χ2n) is 6.24. The Bertz CT molecular complexity index is 712. The maximum atomic E-state index is 12.3. The summed E-state index contributed by atoms with van der Waals surface area (Å²) in [5.41, 5.74) is 3.29. The van der Waals surface area contributed by atoms with Crippen LogP contribution in [0.4, 0.5) is 0 Å². The summed E-state index contributed by atoms with van der Waals surface area (Å²) in [6.07, 6.45) is 0.109. The zero-order chi connectivity index (χ0) is 18.2. The summed E-state index contributed by atoms with van der Waals surface area (Å²) in [5.74, 6) is 1.46. The lowest BCUT2D eigenvalue weighted by atomic mass is 10.1. The van der Waals surface area contributed by atoms with E-state index in [1.807, 2.05) is 70.2 Å². The van der Waals surface area contributed by atoms with E-state index < -0.39 is 6.10 Å². The highest BCUT2D eigenvalue weighted by Crippen LogP contribution is 2.21. The van der Waals surface area contributed by atoms with Gasteiger partial charge >= 0.3 is 0 Å². The van der Waals surface area contributed by atoms with Crippen LogP contribution in [0, 0.1) is 20.8 Å². The smallest absolute Gasteiger partial charge is 0.261 e. The molecule has 0 aliphatic rings. The molecule has 2 aromatic carbocycles. The molecule has 0 unspecified atom stereocenters. The Morgan fingerprint density at radius 1 is 1.08 bits per heavy atom. The van der Waals surface area contributed by atoms with Crippen molar-refractivity contribution < 1.29 is 14.3 Å². The molecule has 0 radical (unpaired) electrons. The van der Waals surface area contributed by atoms with Crippen molar-refractivity contribution in [3.05, 3.63) is 59.2 Å². The van der Waals surface area contributed by atoms with Gasteiger partial charge in [-0.25, -0.2) is 0 Å². The number of ether oxygens (including phenoxy) is 2. The third-order valence-corrected chi connectivity index (χ3v) is 3.94. The molecule has 0 saturated carbocycles. The Balaban J connectivity index is 1.82. The minimum atomic E-state index is -0.500. The molecule has 0 spiro atoms. The highest BCUT2D eigenvalue weighted by molar-refractivity contribution is 5.81. The van der Waals surface area contributed by atoms with E-state index in [-0.39, 0.29) is 5.91 Å². The van der Waals surface area contributed by atoms with Crippen molar-refractivity contribution in [2.45, 2.75) is 40.2 Å². The molecule has 2 aromatic rings. The van der Waals surface area contributed by atoms with Gasteiger partial charge in [-0.1, -0.05) is 31.2 Å². The van der Waals surface area contributed by atoms with Gasteiger partial charge in [0.05, 0.1) is 6.54 Å². The molecule has 134 valence electrons. The van der Waals surface area contributed by atoms with E-state index in [4.69, 9.17) is 9.47 Å². The minimum absolute atomic E-state index is 0.115. The van der Waals surface area contributed by atoms with Gasteiger partial charge in [-0.3, -0.25) is 4.79 Å². The Labute approximate surface area is 150 Å². The summed E-state index contributed by atoms with van der Waals surface area (Å²) in [7, 11) is 0. The molecular formula is C21H27NO3. The summed E-state index contributed by atoms with van der Waals surface area (Å²) in [6, 6.07) is 13.9. The van der Waals surface area contributed by atoms with E-state index in [9.17, 15) is 4.79 Å². The molecule has 0 saturated heterocycles. The fourth-order valence-corrected chi connectivity index (χ4v) is 2.47. The topological polar surface area (TPSA) is 47.6 Å². The standard InChI is InChI=1S/C21H27NO3/c1-5-19(25-20-14-16(3)9-10-17(20)4)21(23)22-11-12-24-18-8-6-7-15(2)13-18/h6-10,13-14,19H,5,11-12H2,1-4H3,(H,22,23)/t19-/m0/s1. The van der Waals surface area contributed by atoms with Gasteiger partial charge in [0.1, 0.15) is 18.1 Å². The molecule has 0 aliphatic heterocycles. The van der Waals surface area contributed by atoms with E-state index in [0.717, 1.165) is 28.2 Å². The van der Waals surface area contributed by atoms with Crippen molar-refractivity contribution in [1.82, 2.24) is 5.32 Å². The number of benzene rings is 2. The predicted molar refractivity (Wildman–Crippen MR) is 100 cm³/mol. The molecule has 4 heteroatoms. The minimum Gasteiger partial charge on any atom is -0.492 e. The van der Waals surface area contributed by atoms with Crippen molar-refractivity contribution in [3.8, 4) is 11.5 Å². The van der Waals surface area contributed by atoms with Gasteiger partial charge < -0.3 is 14.8 Å². The first-order valence-electron chi connectivity index (χ1n) is 8.70. The largest absolute Gasteiger partial charge is 0.492 e. The molecule has 25 heavy (non-hydrogen) atoms. The summed E-state index contributed by atoms with van der Waals surface area (Å²) < 4.78 is 11.6. The maximum Gasteiger partial charge on any atom is 0.261 e. The maximum absolute atomic E-state index is 12.3. The second-order valence-corrected chi connectivity index (χ2v) is 6.24. The Morgan fingerprint density at radius 2 is 1.84 bits per heavy atom. The summed E-state index contributed by atoms with van der Waals surface area (Å²) in [4.78, 5) is 12.3. The van der Waals surface area contributed by atoms with Crippen LogP contribution >= 0.6 is 0 Å². The lowest BCUT2D eigenvalue weighted by Crippen LogP contribution is -2.39. The molecule has 4 nitrogen and oxygen atoms in total. The van der Waals surface area contributed by atoms with Crippen LogP contribution < -0.4 is 14.8 Å². The van der Waals surface area contributed by atoms with Crippen molar-refractivity contribution in [3.63, 3.8) is 0 Å². The molecule has 0 aliphatic carbocycles. The number of hydrogen-bond donors (Lipinski definition) is 1. The molecule has 0 aromatic heterocycles. The highest BCUT2D eigenvalue weighted by atomic mass is 16.5. The van der Waals surface area contributed by atoms with Crippen molar-refractivity contribution in [2.75, 3.05) is 13.2 Å². The fraction of sp³-hybridized carbons (Fsp3) is 0.381. The van der Waals surface area contributed by atoms with E-state index >= 15 is 0 Å². The van der Waals surface area contributed by atoms with E-state index in [1.54, 1.807) is 0 Å². The molecule has 2 rings (SSSR count). The summed E-state index contributed by atoms with van der Waals surface area (Å²) in [6.45, 7) is 8.82. The van der Waals surface area contributed by atoms with Crippen molar-refractivity contribution >= 4 is 5.91 Å².